The molecule has 346 valence electrons. The number of nitrogens with zero attached hydrogens (tertiary/aromatic N) is 7. The molecule has 5 aromatic carbocycles. The molecule has 2 heterocycles. The molecule has 17 nitrogen and oxygen atoms in total. The molecule has 2 aromatic heterocycles. The number of hydrogen-bond donors (Lipinski definition) is 2. The Labute approximate surface area is 387 Å². The molecule has 1 amide bonds. The van der Waals surface area contributed by atoms with Crippen LogP contribution in [0.2, 0.25) is 0 Å². The summed E-state index contributed by atoms with van der Waals surface area (Å²) in [7, 11) is -5.11. The Bertz CT molecular complexity index is 3030. The van der Waals surface area contributed by atoms with Crippen LogP contribution in [0.3, 0.4) is 0 Å². The summed E-state index contributed by atoms with van der Waals surface area (Å²) in [5.74, 6) is 1.54. The minimum absolute atomic E-state index is 0.112. The number of tetrazole rings is 1. The van der Waals surface area contributed by atoms with Gasteiger partial charge in [0.1, 0.15) is 22.1 Å². The standard InChI is InChI=1S/C46H50N8O9S3/c1-29(25-53(45(55)56)46(2,3)4)65(57,58)39-24-23-36(37-9-8-10-38-41(37)48-44(47)64-38)40(43-49-51-54(50-43)28-32-15-21-35(63-7)22-16-32)42(39)66(59,60)52(26-30-11-17-33(61-5)18-12-30)27-31-13-19-34(62-6)20-14-31/h8-24,29H,25-28H2,1-7H3,(H2,47,48)(H,55,56)/t29-/m1/s1. The number of sulfonamides is 1. The number of hydrogen-bond acceptors (Lipinski definition) is 14. The van der Waals surface area contributed by atoms with Crippen LogP contribution >= 0.6 is 11.3 Å². The minimum Gasteiger partial charge on any atom is -0.497 e. The summed E-state index contributed by atoms with van der Waals surface area (Å²) in [6, 6.07) is 28.9. The van der Waals surface area contributed by atoms with Crippen molar-refractivity contribution in [2.75, 3.05) is 33.6 Å². The second-order valence-corrected chi connectivity index (χ2v) is 21.7. The molecule has 0 aliphatic carbocycles. The van der Waals surface area contributed by atoms with Crippen molar-refractivity contribution in [1.29, 1.82) is 0 Å². The summed E-state index contributed by atoms with van der Waals surface area (Å²) < 4.78 is 80.8. The van der Waals surface area contributed by atoms with E-state index in [0.29, 0.717) is 44.2 Å². The number of nitrogens with two attached hydrogens (primary N) is 1. The number of carbonyl (C=O) groups is 1. The first kappa shape index (κ1) is 47.4. The molecule has 0 spiro atoms. The second kappa shape index (κ2) is 19.1. The van der Waals surface area contributed by atoms with E-state index in [1.807, 2.05) is 18.2 Å². The molecular weight excluding hydrogens is 905 g/mol. The normalized spacial score (nSPS) is 12.6. The van der Waals surface area contributed by atoms with E-state index in [-0.39, 0.29) is 41.7 Å². The van der Waals surface area contributed by atoms with Gasteiger partial charge in [0.25, 0.3) is 0 Å². The van der Waals surface area contributed by atoms with Crippen molar-refractivity contribution in [2.24, 2.45) is 0 Å². The van der Waals surface area contributed by atoms with Crippen LogP contribution < -0.4 is 19.9 Å². The zero-order chi connectivity index (χ0) is 47.6. The minimum atomic E-state index is -4.98. The Morgan fingerprint density at radius 2 is 1.33 bits per heavy atom. The Morgan fingerprint density at radius 3 is 1.85 bits per heavy atom. The van der Waals surface area contributed by atoms with Crippen LogP contribution in [-0.2, 0) is 39.5 Å². The Hall–Kier alpha value is -6.61. The van der Waals surface area contributed by atoms with E-state index >= 15 is 16.8 Å². The molecule has 20 heteroatoms. The predicted octanol–water partition coefficient (Wildman–Crippen LogP) is 7.60. The number of anilines is 1. The molecule has 7 aromatic rings. The average Bonchev–Trinajstić information content (AvgIpc) is 3.93. The van der Waals surface area contributed by atoms with Gasteiger partial charge in [0, 0.05) is 30.7 Å². The van der Waals surface area contributed by atoms with E-state index in [1.54, 1.807) is 101 Å². The van der Waals surface area contributed by atoms with Crippen molar-refractivity contribution < 1.29 is 40.9 Å². The highest BCUT2D eigenvalue weighted by atomic mass is 32.2. The molecule has 1 atom stereocenters. The number of nitrogen functional groups attached to an aromatic ring is 1. The number of sulfone groups is 1. The smallest absolute Gasteiger partial charge is 0.407 e. The lowest BCUT2D eigenvalue weighted by molar-refractivity contribution is 0.101. The fraction of sp³-hybridized carbons (Fsp3) is 0.283. The summed E-state index contributed by atoms with van der Waals surface area (Å²) in [5.41, 5.74) is 8.06. The largest absolute Gasteiger partial charge is 0.497 e. The van der Waals surface area contributed by atoms with Gasteiger partial charge >= 0.3 is 6.09 Å². The molecular formula is C46H50N8O9S3. The van der Waals surface area contributed by atoms with E-state index in [2.05, 4.69) is 15.3 Å². The monoisotopic (exact) mass is 954 g/mol. The van der Waals surface area contributed by atoms with Crippen molar-refractivity contribution in [3.05, 3.63) is 120 Å². The average molecular weight is 955 g/mol. The zero-order valence-electron chi connectivity index (χ0n) is 37.4. The third-order valence-corrected chi connectivity index (χ3v) is 16.0. The number of thiazole rings is 1. The van der Waals surface area contributed by atoms with Crippen molar-refractivity contribution >= 4 is 52.6 Å². The number of aromatic nitrogens is 5. The van der Waals surface area contributed by atoms with Gasteiger partial charge in [-0.2, -0.15) is 9.10 Å². The topological polar surface area (TPSA) is 222 Å². The summed E-state index contributed by atoms with van der Waals surface area (Å²) in [5, 5.41) is 22.5. The van der Waals surface area contributed by atoms with E-state index in [4.69, 9.17) is 25.0 Å². The molecule has 66 heavy (non-hydrogen) atoms. The summed E-state index contributed by atoms with van der Waals surface area (Å²) in [6.45, 7) is 5.49. The number of ether oxygens (including phenoxy) is 3. The van der Waals surface area contributed by atoms with Crippen LogP contribution in [0, 0.1) is 0 Å². The van der Waals surface area contributed by atoms with Gasteiger partial charge < -0.3 is 30.0 Å². The lowest BCUT2D eigenvalue weighted by Crippen LogP contribution is -2.49. The first-order chi connectivity index (χ1) is 31.3. The van der Waals surface area contributed by atoms with Crippen LogP contribution in [0.4, 0.5) is 9.93 Å². The number of para-hydroxylation sites is 1. The predicted molar refractivity (Wildman–Crippen MR) is 252 cm³/mol. The zero-order valence-corrected chi connectivity index (χ0v) is 39.8. The molecule has 0 aliphatic heterocycles. The number of rotatable bonds is 17. The van der Waals surface area contributed by atoms with Crippen LogP contribution in [0.25, 0.3) is 32.7 Å². The Morgan fingerprint density at radius 1 is 0.788 bits per heavy atom. The van der Waals surface area contributed by atoms with Crippen molar-refractivity contribution in [3.63, 3.8) is 0 Å². The molecule has 0 radical (unpaired) electrons. The maximum atomic E-state index is 16.2. The van der Waals surface area contributed by atoms with E-state index in [1.165, 1.54) is 53.7 Å². The fourth-order valence-electron chi connectivity index (χ4n) is 7.41. The van der Waals surface area contributed by atoms with Gasteiger partial charge in [-0.05, 0) is 104 Å². The van der Waals surface area contributed by atoms with E-state index in [9.17, 15) is 9.90 Å². The van der Waals surface area contributed by atoms with Crippen molar-refractivity contribution in [3.8, 4) is 39.8 Å². The SMILES string of the molecule is COc1ccc(CN(Cc2ccc(OC)cc2)S(=O)(=O)c2c(S(=O)(=O)[C@H](C)CN(C(=O)O)C(C)(C)C)ccc(-c3cccc4sc(N)nc34)c2-c2nnn(Cc3ccc(OC)cc3)n2)cc1. The maximum Gasteiger partial charge on any atom is 0.407 e. The first-order valence-electron chi connectivity index (χ1n) is 20.6. The summed E-state index contributed by atoms with van der Waals surface area (Å²) in [6.07, 6.45) is -1.34. The number of benzene rings is 5. The maximum absolute atomic E-state index is 16.2. The number of methoxy groups -OCH3 is 3. The second-order valence-electron chi connectivity index (χ2n) is 16.4. The van der Waals surface area contributed by atoms with Gasteiger partial charge in [-0.25, -0.2) is 26.6 Å². The first-order valence-corrected chi connectivity index (χ1v) is 24.4. The molecule has 3 N–H and O–H groups in total. The lowest BCUT2D eigenvalue weighted by atomic mass is 9.98. The van der Waals surface area contributed by atoms with Gasteiger partial charge in [0.15, 0.2) is 15.0 Å². The Kier molecular flexibility index (Phi) is 13.7. The van der Waals surface area contributed by atoms with Crippen LogP contribution in [0.15, 0.2) is 113 Å². The third kappa shape index (κ3) is 9.96. The molecule has 0 aliphatic rings. The van der Waals surface area contributed by atoms with Crippen LogP contribution in [-0.4, -0.2) is 101 Å². The molecule has 0 saturated heterocycles. The molecule has 7 rings (SSSR count). The van der Waals surface area contributed by atoms with Crippen LogP contribution in [0.5, 0.6) is 17.2 Å². The molecule has 0 unspecified atom stereocenters. The van der Waals surface area contributed by atoms with Crippen LogP contribution in [0.1, 0.15) is 44.4 Å². The van der Waals surface area contributed by atoms with Crippen molar-refractivity contribution in [2.45, 2.75) is 67.9 Å². The number of fused-ring (bicyclic) bond motifs is 1. The number of carboxylic acid groups (broad SMARTS) is 1. The quantitative estimate of drug-likeness (QED) is 0.0897. The van der Waals surface area contributed by atoms with E-state index in [0.717, 1.165) is 10.5 Å². The van der Waals surface area contributed by atoms with Gasteiger partial charge in [0.2, 0.25) is 15.8 Å². The van der Waals surface area contributed by atoms with Gasteiger partial charge in [-0.1, -0.05) is 65.9 Å². The van der Waals surface area contributed by atoms with Gasteiger partial charge in [0.05, 0.1) is 53.8 Å². The van der Waals surface area contributed by atoms with E-state index < -0.39 is 53.1 Å². The number of amides is 1. The summed E-state index contributed by atoms with van der Waals surface area (Å²) in [4.78, 5) is 18.3. The highest BCUT2D eigenvalue weighted by Gasteiger charge is 2.41. The molecule has 0 saturated carbocycles. The fourth-order valence-corrected chi connectivity index (χ4v) is 11.9. The highest BCUT2D eigenvalue weighted by Crippen LogP contribution is 2.44. The molecule has 0 fully saturated rings. The highest BCUT2D eigenvalue weighted by molar-refractivity contribution is 7.94. The lowest BCUT2D eigenvalue weighted by Gasteiger charge is -2.35. The third-order valence-electron chi connectivity index (χ3n) is 11.0. The Balaban J connectivity index is 1.53. The van der Waals surface area contributed by atoms with Crippen molar-refractivity contribution in [1.82, 2.24) is 34.4 Å². The van der Waals surface area contributed by atoms with Gasteiger partial charge in [-0.3, -0.25) is 0 Å². The van der Waals surface area contributed by atoms with Gasteiger partial charge in [-0.15, -0.1) is 10.2 Å². The molecule has 0 bridgehead atoms. The summed E-state index contributed by atoms with van der Waals surface area (Å²) >= 11 is 1.23.